The van der Waals surface area contributed by atoms with Crippen LogP contribution < -0.4 is 0 Å². The molecule has 5 heteroatoms. The van der Waals surface area contributed by atoms with Crippen molar-refractivity contribution in [2.45, 2.75) is 309 Å². The van der Waals surface area contributed by atoms with Gasteiger partial charge in [-0.2, -0.15) is 0 Å². The van der Waals surface area contributed by atoms with Crippen molar-refractivity contribution >= 4 is 11.9 Å². The molecule has 0 amide bonds. The molecular formula is C56H106O5. The maximum absolute atomic E-state index is 12.3. The highest BCUT2D eigenvalue weighted by Crippen LogP contribution is 2.17. The van der Waals surface area contributed by atoms with Gasteiger partial charge in [-0.1, -0.05) is 269 Å². The Bertz CT molecular complexity index is 928. The van der Waals surface area contributed by atoms with Crippen molar-refractivity contribution in [1.82, 2.24) is 0 Å². The van der Waals surface area contributed by atoms with Crippen LogP contribution in [0.2, 0.25) is 0 Å². The molecule has 0 fully saturated rings. The Kier molecular flexibility index (Phi) is 51.3. The van der Waals surface area contributed by atoms with Crippen LogP contribution in [0, 0.1) is 0 Å². The second-order valence-corrected chi connectivity index (χ2v) is 18.7. The van der Waals surface area contributed by atoms with E-state index in [-0.39, 0.29) is 25.2 Å². The minimum Gasteiger partial charge on any atom is -0.462 e. The highest BCUT2D eigenvalue weighted by molar-refractivity contribution is 5.70. The molecule has 0 aliphatic heterocycles. The lowest BCUT2D eigenvalue weighted by Gasteiger charge is -2.15. The number of allylic oxidation sites excluding steroid dienone is 4. The van der Waals surface area contributed by atoms with E-state index in [0.717, 1.165) is 38.5 Å². The highest BCUT2D eigenvalue weighted by Gasteiger charge is 2.16. The molecular weight excluding hydrogens is 753 g/mol. The van der Waals surface area contributed by atoms with E-state index in [0.29, 0.717) is 12.8 Å². The van der Waals surface area contributed by atoms with Gasteiger partial charge >= 0.3 is 11.9 Å². The zero-order valence-corrected chi connectivity index (χ0v) is 41.2. The number of aliphatic hydroxyl groups is 1. The third kappa shape index (κ3) is 50.9. The molecule has 61 heavy (non-hydrogen) atoms. The lowest BCUT2D eigenvalue weighted by atomic mass is 10.0. The minimum absolute atomic E-state index is 0.0620. The molecule has 0 aromatic carbocycles. The van der Waals surface area contributed by atoms with Gasteiger partial charge in [-0.3, -0.25) is 9.59 Å². The van der Waals surface area contributed by atoms with E-state index >= 15 is 0 Å². The Labute approximate surface area is 381 Å². The Morgan fingerprint density at radius 1 is 0.377 bits per heavy atom. The highest BCUT2D eigenvalue weighted by atomic mass is 16.6. The molecule has 5 nitrogen and oxygen atoms in total. The fourth-order valence-electron chi connectivity index (χ4n) is 8.35. The van der Waals surface area contributed by atoms with Crippen molar-refractivity contribution in [1.29, 1.82) is 0 Å². The molecule has 0 saturated heterocycles. The Morgan fingerprint density at radius 3 is 0.967 bits per heavy atom. The monoisotopic (exact) mass is 859 g/mol. The van der Waals surface area contributed by atoms with Crippen LogP contribution >= 0.6 is 0 Å². The van der Waals surface area contributed by atoms with Gasteiger partial charge in [0.15, 0.2) is 6.10 Å². The van der Waals surface area contributed by atoms with Crippen LogP contribution in [0.1, 0.15) is 303 Å². The minimum atomic E-state index is -0.771. The number of hydrogen-bond donors (Lipinski definition) is 1. The summed E-state index contributed by atoms with van der Waals surface area (Å²) < 4.78 is 10.7. The van der Waals surface area contributed by atoms with Crippen molar-refractivity contribution in [2.24, 2.45) is 0 Å². The van der Waals surface area contributed by atoms with Crippen LogP contribution in [0.25, 0.3) is 0 Å². The van der Waals surface area contributed by atoms with Crippen molar-refractivity contribution in [2.75, 3.05) is 13.2 Å². The second kappa shape index (κ2) is 52.7. The van der Waals surface area contributed by atoms with Crippen molar-refractivity contribution in [3.8, 4) is 0 Å². The fraction of sp³-hybridized carbons (Fsp3) is 0.893. The summed E-state index contributed by atoms with van der Waals surface area (Å²) in [7, 11) is 0. The largest absolute Gasteiger partial charge is 0.462 e. The van der Waals surface area contributed by atoms with Gasteiger partial charge in [-0.25, -0.2) is 0 Å². The summed E-state index contributed by atoms with van der Waals surface area (Å²) in [5, 5.41) is 9.64. The van der Waals surface area contributed by atoms with Crippen LogP contribution in [-0.4, -0.2) is 36.4 Å². The normalized spacial score (nSPS) is 12.2. The Morgan fingerprint density at radius 2 is 0.656 bits per heavy atom. The van der Waals surface area contributed by atoms with Gasteiger partial charge in [0.05, 0.1) is 6.61 Å². The first-order chi connectivity index (χ1) is 30.1. The number of hydrogen-bond acceptors (Lipinski definition) is 5. The maximum atomic E-state index is 12.3. The van der Waals surface area contributed by atoms with Crippen LogP contribution in [0.5, 0.6) is 0 Å². The number of aliphatic hydroxyl groups excluding tert-OH is 1. The molecule has 0 aliphatic carbocycles. The van der Waals surface area contributed by atoms with Crippen molar-refractivity contribution in [3.05, 3.63) is 24.3 Å². The summed E-state index contributed by atoms with van der Waals surface area (Å²) >= 11 is 0. The quantitative estimate of drug-likeness (QED) is 0.0375. The average Bonchev–Trinajstić information content (AvgIpc) is 3.26. The van der Waals surface area contributed by atoms with Gasteiger partial charge < -0.3 is 14.6 Å². The predicted octanol–water partition coefficient (Wildman–Crippen LogP) is 18.1. The van der Waals surface area contributed by atoms with Crippen molar-refractivity contribution in [3.63, 3.8) is 0 Å². The van der Waals surface area contributed by atoms with E-state index in [1.165, 1.54) is 238 Å². The SMILES string of the molecule is CCCCCCC/C=C\C/C=C\CCCCCCCCCCCC(=O)OC(CO)COC(=O)CCCCCCCCCCCCCCCCCCCCCCCCCCCC. The maximum Gasteiger partial charge on any atom is 0.306 e. The molecule has 0 aromatic rings. The molecule has 0 rings (SSSR count). The summed E-state index contributed by atoms with van der Waals surface area (Å²) in [4.78, 5) is 24.5. The van der Waals surface area contributed by atoms with Gasteiger partial charge in [0, 0.05) is 12.8 Å². The number of esters is 2. The molecule has 0 aromatic heterocycles. The molecule has 360 valence electrons. The van der Waals surface area contributed by atoms with Gasteiger partial charge in [0.25, 0.3) is 0 Å². The van der Waals surface area contributed by atoms with Gasteiger partial charge in [0.2, 0.25) is 0 Å². The lowest BCUT2D eigenvalue weighted by Crippen LogP contribution is -2.28. The molecule has 1 atom stereocenters. The molecule has 1 N–H and O–H groups in total. The van der Waals surface area contributed by atoms with Gasteiger partial charge in [-0.15, -0.1) is 0 Å². The zero-order valence-electron chi connectivity index (χ0n) is 41.2. The van der Waals surface area contributed by atoms with Crippen LogP contribution in [-0.2, 0) is 19.1 Å². The molecule has 0 bridgehead atoms. The third-order valence-corrected chi connectivity index (χ3v) is 12.5. The van der Waals surface area contributed by atoms with E-state index in [1.807, 2.05) is 0 Å². The Balaban J connectivity index is 3.44. The molecule has 1 unspecified atom stereocenters. The zero-order chi connectivity index (χ0) is 44.2. The molecule has 0 radical (unpaired) electrons. The summed E-state index contributed by atoms with van der Waals surface area (Å²) in [6, 6.07) is 0. The topological polar surface area (TPSA) is 72.8 Å². The smallest absolute Gasteiger partial charge is 0.306 e. The van der Waals surface area contributed by atoms with E-state index in [1.54, 1.807) is 0 Å². The second-order valence-electron chi connectivity index (χ2n) is 18.7. The van der Waals surface area contributed by atoms with Crippen LogP contribution in [0.15, 0.2) is 24.3 Å². The molecule has 0 spiro atoms. The third-order valence-electron chi connectivity index (χ3n) is 12.5. The lowest BCUT2D eigenvalue weighted by molar-refractivity contribution is -0.161. The predicted molar refractivity (Wildman–Crippen MR) is 265 cm³/mol. The van der Waals surface area contributed by atoms with Crippen molar-refractivity contribution < 1.29 is 24.2 Å². The Hall–Kier alpha value is -1.62. The number of ether oxygens (including phenoxy) is 2. The van der Waals surface area contributed by atoms with Crippen LogP contribution in [0.4, 0.5) is 0 Å². The summed E-state index contributed by atoms with van der Waals surface area (Å²) in [6.07, 6.45) is 65.7. The fourth-order valence-corrected chi connectivity index (χ4v) is 8.35. The first kappa shape index (κ1) is 59.4. The first-order valence-electron chi connectivity index (χ1n) is 27.4. The van der Waals surface area contributed by atoms with E-state index < -0.39 is 6.10 Å². The first-order valence-corrected chi connectivity index (χ1v) is 27.4. The number of carbonyl (C=O) groups excluding carboxylic acids is 2. The summed E-state index contributed by atoms with van der Waals surface area (Å²) in [5.74, 6) is -0.578. The van der Waals surface area contributed by atoms with Gasteiger partial charge in [-0.05, 0) is 44.9 Å². The number of carbonyl (C=O) groups is 2. The summed E-state index contributed by atoms with van der Waals surface area (Å²) in [6.45, 7) is 4.17. The molecule has 0 aliphatic rings. The number of unbranched alkanes of at least 4 members (excludes halogenated alkanes) is 39. The molecule has 0 saturated carbocycles. The van der Waals surface area contributed by atoms with Crippen LogP contribution in [0.3, 0.4) is 0 Å². The number of rotatable bonds is 51. The van der Waals surface area contributed by atoms with Gasteiger partial charge in [0.1, 0.15) is 6.61 Å². The standard InChI is InChI=1S/C56H106O5/c1-3-5-7-9-11-13-15-17-19-21-23-25-26-27-28-29-31-32-34-36-38-40-42-44-46-48-50-55(58)60-53-54(52-57)61-56(59)51-49-47-45-43-41-39-37-35-33-30-24-22-20-18-16-14-12-10-8-6-4-2/h16,18,22,24,54,57H,3-15,17,19-21,23,25-53H2,1-2H3/b18-16-,24-22-. The van der Waals surface area contributed by atoms with E-state index in [9.17, 15) is 14.7 Å². The van der Waals surface area contributed by atoms with E-state index in [2.05, 4.69) is 38.2 Å². The average molecular weight is 859 g/mol. The molecule has 0 heterocycles. The van der Waals surface area contributed by atoms with E-state index in [4.69, 9.17) is 9.47 Å². The summed E-state index contributed by atoms with van der Waals surface area (Å²) in [5.41, 5.74) is 0.